The summed E-state index contributed by atoms with van der Waals surface area (Å²) in [6.07, 6.45) is 11.5. The van der Waals surface area contributed by atoms with Gasteiger partial charge in [-0.3, -0.25) is 0 Å². The summed E-state index contributed by atoms with van der Waals surface area (Å²) in [7, 11) is 0. The Morgan fingerprint density at radius 2 is 1.61 bits per heavy atom. The van der Waals surface area contributed by atoms with Crippen LogP contribution in [0.5, 0.6) is 0 Å². The summed E-state index contributed by atoms with van der Waals surface area (Å²) >= 11 is 0. The fourth-order valence-electron chi connectivity index (χ4n) is 3.34. The summed E-state index contributed by atoms with van der Waals surface area (Å²) in [5.74, 6) is 2.85. The fourth-order valence-corrected chi connectivity index (χ4v) is 3.34. The second-order valence-electron chi connectivity index (χ2n) is 6.68. The van der Waals surface area contributed by atoms with Crippen LogP contribution in [-0.2, 0) is 0 Å². The number of nitrogens with one attached hydrogen (secondary N) is 1. The van der Waals surface area contributed by atoms with E-state index in [1.165, 1.54) is 57.9 Å². The van der Waals surface area contributed by atoms with E-state index in [1.807, 2.05) is 0 Å². The van der Waals surface area contributed by atoms with Crippen LogP contribution in [0, 0.1) is 17.8 Å². The van der Waals surface area contributed by atoms with Crippen LogP contribution in [0.2, 0.25) is 0 Å². The molecule has 0 aromatic carbocycles. The van der Waals surface area contributed by atoms with E-state index in [2.05, 4.69) is 33.0 Å². The van der Waals surface area contributed by atoms with Gasteiger partial charge in [0, 0.05) is 6.04 Å². The largest absolute Gasteiger partial charge is 0.314 e. The van der Waals surface area contributed by atoms with Crippen LogP contribution < -0.4 is 5.32 Å². The van der Waals surface area contributed by atoms with Gasteiger partial charge in [0.05, 0.1) is 0 Å². The highest BCUT2D eigenvalue weighted by Crippen LogP contribution is 2.33. The number of hydrogen-bond donors (Lipinski definition) is 1. The van der Waals surface area contributed by atoms with Crippen molar-refractivity contribution < 1.29 is 0 Å². The molecule has 0 spiro atoms. The molecule has 1 saturated carbocycles. The summed E-state index contributed by atoms with van der Waals surface area (Å²) in [6, 6.07) is 0.744. The monoisotopic (exact) mass is 253 g/mol. The first-order valence-electron chi connectivity index (χ1n) is 8.40. The molecule has 1 nitrogen and oxygen atoms in total. The molecule has 1 aliphatic carbocycles. The van der Waals surface area contributed by atoms with E-state index in [0.29, 0.717) is 0 Å². The highest BCUT2D eigenvalue weighted by atomic mass is 14.9. The van der Waals surface area contributed by atoms with E-state index in [4.69, 9.17) is 0 Å². The zero-order valence-corrected chi connectivity index (χ0v) is 13.2. The smallest absolute Gasteiger partial charge is 0.00901 e. The van der Waals surface area contributed by atoms with Crippen molar-refractivity contribution >= 4 is 0 Å². The molecular weight excluding hydrogens is 218 g/mol. The first kappa shape index (κ1) is 16.0. The Bertz CT molecular complexity index is 192. The summed E-state index contributed by atoms with van der Waals surface area (Å²) in [5, 5.41) is 3.73. The van der Waals surface area contributed by atoms with Gasteiger partial charge >= 0.3 is 0 Å². The molecule has 1 fully saturated rings. The summed E-state index contributed by atoms with van der Waals surface area (Å²) in [6.45, 7) is 10.5. The van der Waals surface area contributed by atoms with E-state index < -0.39 is 0 Å². The molecule has 1 aliphatic rings. The quantitative estimate of drug-likeness (QED) is 0.641. The number of rotatable bonds is 8. The lowest BCUT2D eigenvalue weighted by atomic mass is 9.78. The molecule has 0 radical (unpaired) electrons. The third kappa shape index (κ3) is 5.73. The Labute approximate surface area is 115 Å². The van der Waals surface area contributed by atoms with Crippen molar-refractivity contribution in [3.05, 3.63) is 0 Å². The zero-order valence-electron chi connectivity index (χ0n) is 13.2. The minimum absolute atomic E-state index is 0.744. The van der Waals surface area contributed by atoms with Crippen LogP contribution >= 0.6 is 0 Å². The molecule has 108 valence electrons. The average molecular weight is 253 g/mol. The Morgan fingerprint density at radius 1 is 1.00 bits per heavy atom. The highest BCUT2D eigenvalue weighted by Gasteiger charge is 2.21. The van der Waals surface area contributed by atoms with Gasteiger partial charge in [0.2, 0.25) is 0 Å². The second kappa shape index (κ2) is 8.96. The lowest BCUT2D eigenvalue weighted by Crippen LogP contribution is -2.35. The average Bonchev–Trinajstić information content (AvgIpc) is 2.39. The summed E-state index contributed by atoms with van der Waals surface area (Å²) in [4.78, 5) is 0. The van der Waals surface area contributed by atoms with Gasteiger partial charge in [-0.15, -0.1) is 0 Å². The standard InChI is InChI=1S/C17H35N/c1-5-13-18-17(14(3)4)12-11-16-9-7-15(6-2)8-10-16/h14-18H,5-13H2,1-4H3. The van der Waals surface area contributed by atoms with Crippen LogP contribution in [0.25, 0.3) is 0 Å². The summed E-state index contributed by atoms with van der Waals surface area (Å²) in [5.41, 5.74) is 0. The molecular formula is C17H35N. The molecule has 0 aromatic heterocycles. The van der Waals surface area contributed by atoms with Crippen molar-refractivity contribution in [2.24, 2.45) is 17.8 Å². The van der Waals surface area contributed by atoms with E-state index >= 15 is 0 Å². The maximum absolute atomic E-state index is 3.73. The molecule has 1 atom stereocenters. The molecule has 0 aliphatic heterocycles. The van der Waals surface area contributed by atoms with Crippen LogP contribution in [0.3, 0.4) is 0 Å². The molecule has 1 unspecified atom stereocenters. The van der Waals surface area contributed by atoms with Gasteiger partial charge in [0.1, 0.15) is 0 Å². The molecule has 18 heavy (non-hydrogen) atoms. The molecule has 0 heterocycles. The van der Waals surface area contributed by atoms with Gasteiger partial charge in [0.15, 0.2) is 0 Å². The maximum Gasteiger partial charge on any atom is 0.00901 e. The Balaban J connectivity index is 2.21. The third-order valence-corrected chi connectivity index (χ3v) is 4.89. The van der Waals surface area contributed by atoms with E-state index in [0.717, 1.165) is 23.8 Å². The summed E-state index contributed by atoms with van der Waals surface area (Å²) < 4.78 is 0. The fraction of sp³-hybridized carbons (Fsp3) is 1.00. The second-order valence-corrected chi connectivity index (χ2v) is 6.68. The SMILES string of the molecule is CCCNC(CCC1CCC(CC)CC1)C(C)C. The van der Waals surface area contributed by atoms with Crippen LogP contribution in [0.1, 0.15) is 79.1 Å². The van der Waals surface area contributed by atoms with Gasteiger partial charge < -0.3 is 5.32 Å². The van der Waals surface area contributed by atoms with Gasteiger partial charge in [-0.2, -0.15) is 0 Å². The van der Waals surface area contributed by atoms with Crippen molar-refractivity contribution in [1.29, 1.82) is 0 Å². The number of hydrogen-bond acceptors (Lipinski definition) is 1. The highest BCUT2D eigenvalue weighted by molar-refractivity contribution is 4.76. The van der Waals surface area contributed by atoms with Crippen LogP contribution in [0.4, 0.5) is 0 Å². The molecule has 0 aromatic rings. The van der Waals surface area contributed by atoms with Crippen LogP contribution in [0.15, 0.2) is 0 Å². The Hall–Kier alpha value is -0.0400. The van der Waals surface area contributed by atoms with E-state index in [1.54, 1.807) is 0 Å². The first-order chi connectivity index (χ1) is 8.67. The van der Waals surface area contributed by atoms with Crippen molar-refractivity contribution in [3.8, 4) is 0 Å². The molecule has 0 bridgehead atoms. The molecule has 1 N–H and O–H groups in total. The zero-order chi connectivity index (χ0) is 13.4. The van der Waals surface area contributed by atoms with Gasteiger partial charge in [-0.1, -0.05) is 59.8 Å². The van der Waals surface area contributed by atoms with Gasteiger partial charge in [0.25, 0.3) is 0 Å². The lowest BCUT2D eigenvalue weighted by molar-refractivity contribution is 0.240. The topological polar surface area (TPSA) is 12.0 Å². The Kier molecular flexibility index (Phi) is 7.97. The van der Waals surface area contributed by atoms with E-state index in [9.17, 15) is 0 Å². The predicted molar refractivity (Wildman–Crippen MR) is 81.9 cm³/mol. The lowest BCUT2D eigenvalue weighted by Gasteiger charge is -2.30. The van der Waals surface area contributed by atoms with Crippen molar-refractivity contribution in [2.75, 3.05) is 6.54 Å². The molecule has 0 amide bonds. The third-order valence-electron chi connectivity index (χ3n) is 4.89. The Morgan fingerprint density at radius 3 is 2.11 bits per heavy atom. The van der Waals surface area contributed by atoms with E-state index in [-0.39, 0.29) is 0 Å². The molecule has 1 heteroatoms. The molecule has 0 saturated heterocycles. The maximum atomic E-state index is 3.73. The van der Waals surface area contributed by atoms with Gasteiger partial charge in [-0.25, -0.2) is 0 Å². The minimum Gasteiger partial charge on any atom is -0.314 e. The van der Waals surface area contributed by atoms with Gasteiger partial charge in [-0.05, 0) is 43.6 Å². The van der Waals surface area contributed by atoms with Crippen LogP contribution in [-0.4, -0.2) is 12.6 Å². The van der Waals surface area contributed by atoms with Crippen molar-refractivity contribution in [3.63, 3.8) is 0 Å². The molecule has 1 rings (SSSR count). The van der Waals surface area contributed by atoms with Crippen molar-refractivity contribution in [2.45, 2.75) is 85.1 Å². The van der Waals surface area contributed by atoms with Crippen molar-refractivity contribution in [1.82, 2.24) is 5.32 Å². The predicted octanol–water partition coefficient (Wildman–Crippen LogP) is 5.01. The minimum atomic E-state index is 0.744. The first-order valence-corrected chi connectivity index (χ1v) is 8.40. The normalized spacial score (nSPS) is 26.5.